The highest BCUT2D eigenvalue weighted by Crippen LogP contribution is 2.30. The summed E-state index contributed by atoms with van der Waals surface area (Å²) in [6.45, 7) is 2.16. The lowest BCUT2D eigenvalue weighted by molar-refractivity contribution is -0.118. The van der Waals surface area contributed by atoms with Gasteiger partial charge in [-0.1, -0.05) is 46.7 Å². The Bertz CT molecular complexity index is 711. The monoisotopic (exact) mass is 352 g/mol. The van der Waals surface area contributed by atoms with Crippen molar-refractivity contribution >= 4 is 51.4 Å². The number of anilines is 2. The first kappa shape index (κ1) is 16.6. The SMILES string of the molecule is C#CCNC(=O)CSc1nnc(Nc2cccc(Cl)c2C)s1. The van der Waals surface area contributed by atoms with Gasteiger partial charge in [-0.05, 0) is 24.6 Å². The van der Waals surface area contributed by atoms with Crippen LogP contribution in [0.3, 0.4) is 0 Å². The Morgan fingerprint density at radius 1 is 1.50 bits per heavy atom. The smallest absolute Gasteiger partial charge is 0.231 e. The van der Waals surface area contributed by atoms with E-state index in [4.69, 9.17) is 18.0 Å². The molecule has 0 aliphatic carbocycles. The van der Waals surface area contributed by atoms with Crippen molar-refractivity contribution in [1.29, 1.82) is 0 Å². The topological polar surface area (TPSA) is 66.9 Å². The Hall–Kier alpha value is -1.75. The van der Waals surface area contributed by atoms with Gasteiger partial charge in [0.25, 0.3) is 0 Å². The molecule has 0 radical (unpaired) electrons. The maximum atomic E-state index is 11.5. The molecule has 2 N–H and O–H groups in total. The highest BCUT2D eigenvalue weighted by Gasteiger charge is 2.09. The number of carbonyl (C=O) groups excluding carboxylic acids is 1. The quantitative estimate of drug-likeness (QED) is 0.617. The van der Waals surface area contributed by atoms with E-state index in [2.05, 4.69) is 26.8 Å². The molecule has 2 aromatic rings. The van der Waals surface area contributed by atoms with Gasteiger partial charge in [0.15, 0.2) is 4.34 Å². The lowest BCUT2D eigenvalue weighted by atomic mass is 10.2. The van der Waals surface area contributed by atoms with Gasteiger partial charge >= 0.3 is 0 Å². The zero-order chi connectivity index (χ0) is 15.9. The van der Waals surface area contributed by atoms with E-state index in [0.717, 1.165) is 11.3 Å². The van der Waals surface area contributed by atoms with Crippen molar-refractivity contribution in [2.45, 2.75) is 11.3 Å². The van der Waals surface area contributed by atoms with Gasteiger partial charge in [-0.2, -0.15) is 0 Å². The summed E-state index contributed by atoms with van der Waals surface area (Å²) < 4.78 is 0.707. The van der Waals surface area contributed by atoms with Crippen molar-refractivity contribution in [3.05, 3.63) is 28.8 Å². The molecule has 1 aromatic carbocycles. The molecule has 5 nitrogen and oxygen atoms in total. The van der Waals surface area contributed by atoms with Crippen LogP contribution in [0.1, 0.15) is 5.56 Å². The minimum atomic E-state index is -0.127. The maximum absolute atomic E-state index is 11.5. The van der Waals surface area contributed by atoms with Crippen molar-refractivity contribution < 1.29 is 4.79 Å². The fraction of sp³-hybridized carbons (Fsp3) is 0.214. The molecule has 8 heteroatoms. The molecule has 0 aliphatic heterocycles. The number of benzene rings is 1. The third kappa shape index (κ3) is 4.63. The Kier molecular flexibility index (Phi) is 6.07. The molecule has 2 rings (SSSR count). The molecule has 1 aromatic heterocycles. The molecule has 0 atom stereocenters. The van der Waals surface area contributed by atoms with Crippen LogP contribution in [-0.2, 0) is 4.79 Å². The third-order valence-electron chi connectivity index (χ3n) is 2.63. The van der Waals surface area contributed by atoms with Gasteiger partial charge in [-0.25, -0.2) is 0 Å². The van der Waals surface area contributed by atoms with Crippen molar-refractivity contribution in [2.75, 3.05) is 17.6 Å². The number of amides is 1. The summed E-state index contributed by atoms with van der Waals surface area (Å²) in [7, 11) is 0. The Morgan fingerprint density at radius 2 is 2.32 bits per heavy atom. The van der Waals surface area contributed by atoms with Crippen LogP contribution in [0.4, 0.5) is 10.8 Å². The number of halogens is 1. The van der Waals surface area contributed by atoms with Crippen molar-refractivity contribution in [1.82, 2.24) is 15.5 Å². The maximum Gasteiger partial charge on any atom is 0.231 e. The molecular weight excluding hydrogens is 340 g/mol. The van der Waals surface area contributed by atoms with E-state index >= 15 is 0 Å². The van der Waals surface area contributed by atoms with Crippen LogP contribution in [-0.4, -0.2) is 28.4 Å². The highest BCUT2D eigenvalue weighted by atomic mass is 35.5. The molecule has 0 saturated carbocycles. The van der Waals surface area contributed by atoms with Crippen LogP contribution in [0, 0.1) is 19.3 Å². The Labute approximate surface area is 141 Å². The fourth-order valence-corrected chi connectivity index (χ4v) is 3.27. The number of carbonyl (C=O) groups is 1. The molecule has 0 spiro atoms. The van der Waals surface area contributed by atoms with Gasteiger partial charge in [0, 0.05) is 10.7 Å². The molecular formula is C14H13ClN4OS2. The summed E-state index contributed by atoms with van der Waals surface area (Å²) in [6.07, 6.45) is 5.07. The second-order valence-electron chi connectivity index (χ2n) is 4.18. The number of terminal acetylenes is 1. The highest BCUT2D eigenvalue weighted by molar-refractivity contribution is 8.01. The average Bonchev–Trinajstić information content (AvgIpc) is 2.95. The minimum Gasteiger partial charge on any atom is -0.344 e. The molecule has 1 heterocycles. The molecule has 0 aliphatic rings. The van der Waals surface area contributed by atoms with E-state index in [9.17, 15) is 4.79 Å². The summed E-state index contributed by atoms with van der Waals surface area (Å²) >= 11 is 8.77. The molecule has 22 heavy (non-hydrogen) atoms. The van der Waals surface area contributed by atoms with E-state index in [-0.39, 0.29) is 18.2 Å². The number of aromatic nitrogens is 2. The summed E-state index contributed by atoms with van der Waals surface area (Å²) in [5.41, 5.74) is 1.83. The summed E-state index contributed by atoms with van der Waals surface area (Å²) in [6, 6.07) is 5.62. The van der Waals surface area contributed by atoms with Crippen LogP contribution >= 0.6 is 34.7 Å². The first-order valence-electron chi connectivity index (χ1n) is 6.28. The van der Waals surface area contributed by atoms with Gasteiger partial charge in [0.2, 0.25) is 11.0 Å². The first-order valence-corrected chi connectivity index (χ1v) is 8.46. The van der Waals surface area contributed by atoms with Crippen molar-refractivity contribution in [2.24, 2.45) is 0 Å². The molecule has 0 bridgehead atoms. The fourth-order valence-electron chi connectivity index (χ4n) is 1.50. The lowest BCUT2D eigenvalue weighted by Crippen LogP contribution is -2.25. The number of hydrogen-bond donors (Lipinski definition) is 2. The van der Waals surface area contributed by atoms with E-state index < -0.39 is 0 Å². The molecule has 0 fully saturated rings. The van der Waals surface area contributed by atoms with E-state index in [0.29, 0.717) is 14.5 Å². The van der Waals surface area contributed by atoms with Gasteiger partial charge in [0.05, 0.1) is 12.3 Å². The second-order valence-corrected chi connectivity index (χ2v) is 6.79. The zero-order valence-electron chi connectivity index (χ0n) is 11.7. The van der Waals surface area contributed by atoms with E-state index in [1.165, 1.54) is 23.1 Å². The van der Waals surface area contributed by atoms with Crippen LogP contribution in [0.5, 0.6) is 0 Å². The Morgan fingerprint density at radius 3 is 3.09 bits per heavy atom. The van der Waals surface area contributed by atoms with Crippen molar-refractivity contribution in [3.63, 3.8) is 0 Å². The average molecular weight is 353 g/mol. The minimum absolute atomic E-state index is 0.127. The normalized spacial score (nSPS) is 10.0. The van der Waals surface area contributed by atoms with E-state index in [1.807, 2.05) is 25.1 Å². The van der Waals surface area contributed by atoms with Crippen LogP contribution in [0.15, 0.2) is 22.5 Å². The zero-order valence-corrected chi connectivity index (χ0v) is 14.1. The molecule has 114 valence electrons. The van der Waals surface area contributed by atoms with Gasteiger partial charge in [-0.15, -0.1) is 16.6 Å². The molecule has 0 saturated heterocycles. The number of nitrogens with one attached hydrogen (secondary N) is 2. The summed E-state index contributed by atoms with van der Waals surface area (Å²) in [4.78, 5) is 11.5. The van der Waals surface area contributed by atoms with Crippen LogP contribution in [0.25, 0.3) is 0 Å². The third-order valence-corrected chi connectivity index (χ3v) is 5.01. The lowest BCUT2D eigenvalue weighted by Gasteiger charge is -2.06. The standard InChI is InChI=1S/C14H13ClN4OS2/c1-3-7-16-12(20)8-21-14-19-18-13(22-14)17-11-6-4-5-10(15)9(11)2/h1,4-6H,7-8H2,2H3,(H,16,20)(H,17,18). The van der Waals surface area contributed by atoms with Gasteiger partial charge in [-0.3, -0.25) is 4.79 Å². The number of thioether (sulfide) groups is 1. The summed E-state index contributed by atoms with van der Waals surface area (Å²) in [5.74, 6) is 2.48. The summed E-state index contributed by atoms with van der Waals surface area (Å²) in [5, 5.41) is 15.2. The number of rotatable bonds is 6. The second kappa shape index (κ2) is 8.03. The Balaban J connectivity index is 1.93. The first-order chi connectivity index (χ1) is 10.6. The predicted octanol–water partition coefficient (Wildman–Crippen LogP) is 3.09. The number of nitrogens with zero attached hydrogens (tertiary/aromatic N) is 2. The van der Waals surface area contributed by atoms with Crippen LogP contribution < -0.4 is 10.6 Å². The van der Waals surface area contributed by atoms with E-state index in [1.54, 1.807) is 0 Å². The predicted molar refractivity (Wildman–Crippen MR) is 91.9 cm³/mol. The van der Waals surface area contributed by atoms with Crippen molar-refractivity contribution in [3.8, 4) is 12.3 Å². The molecule has 1 amide bonds. The number of hydrogen-bond acceptors (Lipinski definition) is 6. The van der Waals surface area contributed by atoms with Gasteiger partial charge < -0.3 is 10.6 Å². The van der Waals surface area contributed by atoms with Gasteiger partial charge in [0.1, 0.15) is 0 Å². The van der Waals surface area contributed by atoms with Crippen LogP contribution in [0.2, 0.25) is 5.02 Å². The molecule has 0 unspecified atom stereocenters. The largest absolute Gasteiger partial charge is 0.344 e.